The number of ether oxygens (including phenoxy) is 2. The summed E-state index contributed by atoms with van der Waals surface area (Å²) in [6.45, 7) is -0.00400. The highest BCUT2D eigenvalue weighted by Gasteiger charge is 2.41. The SMILES string of the molecule is O=C(c1cc(C(F)(F)F)cc(C(F)(F)F)c1)N1c2ccccc2-c2ccccc2C1c1ccc2c(c1)OCO2. The normalized spacial score (nSPS) is 16.1. The molecule has 1 atom stereocenters. The Labute approximate surface area is 218 Å². The highest BCUT2D eigenvalue weighted by Crippen LogP contribution is 2.49. The molecule has 4 aromatic rings. The van der Waals surface area contributed by atoms with Crippen molar-refractivity contribution in [3.05, 3.63) is 113 Å². The molecule has 2 heterocycles. The van der Waals surface area contributed by atoms with E-state index in [0.29, 0.717) is 46.0 Å². The van der Waals surface area contributed by atoms with E-state index in [4.69, 9.17) is 9.47 Å². The van der Waals surface area contributed by atoms with Gasteiger partial charge in [-0.1, -0.05) is 48.5 Å². The van der Waals surface area contributed by atoms with E-state index in [-0.39, 0.29) is 12.9 Å². The number of para-hydroxylation sites is 1. The Kier molecular flexibility index (Phi) is 5.60. The number of halogens is 6. The van der Waals surface area contributed by atoms with Gasteiger partial charge in [-0.3, -0.25) is 9.69 Å². The Bertz CT molecular complexity index is 1580. The van der Waals surface area contributed by atoms with Crippen LogP contribution in [0.4, 0.5) is 32.0 Å². The molecule has 0 aliphatic carbocycles. The van der Waals surface area contributed by atoms with Crippen LogP contribution in [0.15, 0.2) is 84.9 Å². The quantitative estimate of drug-likeness (QED) is 0.243. The van der Waals surface area contributed by atoms with Crippen molar-refractivity contribution in [2.24, 2.45) is 0 Å². The van der Waals surface area contributed by atoms with Crippen LogP contribution in [0.1, 0.15) is 38.7 Å². The zero-order chi connectivity index (χ0) is 27.5. The first-order valence-corrected chi connectivity index (χ1v) is 11.7. The van der Waals surface area contributed by atoms with Gasteiger partial charge in [0.1, 0.15) is 0 Å². The van der Waals surface area contributed by atoms with Crippen LogP contribution in [-0.2, 0) is 12.4 Å². The molecule has 198 valence electrons. The van der Waals surface area contributed by atoms with E-state index < -0.39 is 41.0 Å². The van der Waals surface area contributed by atoms with Gasteiger partial charge in [0, 0.05) is 11.1 Å². The zero-order valence-corrected chi connectivity index (χ0v) is 19.8. The number of rotatable bonds is 2. The minimum absolute atomic E-state index is 0.00400. The van der Waals surface area contributed by atoms with Gasteiger partial charge < -0.3 is 9.47 Å². The van der Waals surface area contributed by atoms with Gasteiger partial charge in [0.05, 0.1) is 22.9 Å². The number of benzene rings is 4. The molecular formula is C29H17F6NO3. The molecule has 4 nitrogen and oxygen atoms in total. The first-order chi connectivity index (χ1) is 18.5. The van der Waals surface area contributed by atoms with Crippen molar-refractivity contribution in [3.8, 4) is 22.6 Å². The number of hydrogen-bond acceptors (Lipinski definition) is 3. The number of nitrogens with zero attached hydrogens (tertiary/aromatic N) is 1. The van der Waals surface area contributed by atoms with Crippen molar-refractivity contribution in [1.82, 2.24) is 0 Å². The molecule has 1 unspecified atom stereocenters. The van der Waals surface area contributed by atoms with E-state index in [1.165, 1.54) is 4.90 Å². The lowest BCUT2D eigenvalue weighted by Gasteiger charge is -2.39. The molecule has 0 N–H and O–H groups in total. The lowest BCUT2D eigenvalue weighted by Crippen LogP contribution is -2.38. The van der Waals surface area contributed by atoms with Crippen LogP contribution in [0.2, 0.25) is 0 Å². The van der Waals surface area contributed by atoms with E-state index >= 15 is 0 Å². The van der Waals surface area contributed by atoms with E-state index in [1.54, 1.807) is 54.6 Å². The summed E-state index contributed by atoms with van der Waals surface area (Å²) in [7, 11) is 0. The molecule has 0 saturated carbocycles. The van der Waals surface area contributed by atoms with E-state index in [2.05, 4.69) is 0 Å². The third kappa shape index (κ3) is 4.25. The summed E-state index contributed by atoms with van der Waals surface area (Å²) >= 11 is 0. The first-order valence-electron chi connectivity index (χ1n) is 11.7. The third-order valence-corrected chi connectivity index (χ3v) is 6.73. The van der Waals surface area contributed by atoms with Crippen molar-refractivity contribution >= 4 is 11.6 Å². The minimum atomic E-state index is -5.10. The highest BCUT2D eigenvalue weighted by atomic mass is 19.4. The fourth-order valence-corrected chi connectivity index (χ4v) is 5.03. The minimum Gasteiger partial charge on any atom is -0.454 e. The molecule has 1 amide bonds. The molecule has 0 bridgehead atoms. The molecule has 0 fully saturated rings. The van der Waals surface area contributed by atoms with Crippen LogP contribution in [0.3, 0.4) is 0 Å². The Morgan fingerprint density at radius 3 is 2.03 bits per heavy atom. The molecule has 0 saturated heterocycles. The molecular weight excluding hydrogens is 524 g/mol. The van der Waals surface area contributed by atoms with Crippen LogP contribution in [0.25, 0.3) is 11.1 Å². The monoisotopic (exact) mass is 541 g/mol. The summed E-state index contributed by atoms with van der Waals surface area (Å²) in [5, 5.41) is 0. The van der Waals surface area contributed by atoms with Crippen molar-refractivity contribution in [1.29, 1.82) is 0 Å². The maximum atomic E-state index is 14.1. The van der Waals surface area contributed by atoms with Crippen molar-refractivity contribution < 1.29 is 40.6 Å². The summed E-state index contributed by atoms with van der Waals surface area (Å²) in [4.78, 5) is 15.3. The molecule has 0 spiro atoms. The molecule has 0 aromatic heterocycles. The Balaban J connectivity index is 1.59. The number of alkyl halides is 6. The number of fused-ring (bicyclic) bond motifs is 4. The van der Waals surface area contributed by atoms with E-state index in [9.17, 15) is 31.1 Å². The molecule has 39 heavy (non-hydrogen) atoms. The maximum Gasteiger partial charge on any atom is 0.416 e. The van der Waals surface area contributed by atoms with Crippen molar-refractivity contribution in [2.75, 3.05) is 11.7 Å². The van der Waals surface area contributed by atoms with Gasteiger partial charge in [-0.05, 0) is 53.1 Å². The van der Waals surface area contributed by atoms with Crippen LogP contribution in [0, 0.1) is 0 Å². The number of carbonyl (C=O) groups is 1. The van der Waals surface area contributed by atoms with Gasteiger partial charge in [0.2, 0.25) is 6.79 Å². The predicted molar refractivity (Wildman–Crippen MR) is 130 cm³/mol. The summed E-state index contributed by atoms with van der Waals surface area (Å²) < 4.78 is 92.7. The van der Waals surface area contributed by atoms with Crippen LogP contribution < -0.4 is 14.4 Å². The molecule has 10 heteroatoms. The summed E-state index contributed by atoms with van der Waals surface area (Å²) in [5.41, 5.74) is -0.950. The standard InChI is InChI=1S/C29H17F6NO3/c30-28(31,32)18-11-17(12-19(14-18)29(33,34)35)27(37)36-23-8-4-3-6-21(23)20-5-1-2-7-22(20)26(36)16-9-10-24-25(13-16)39-15-38-24/h1-14,26H,15H2. The van der Waals surface area contributed by atoms with Gasteiger partial charge in [0.15, 0.2) is 11.5 Å². The van der Waals surface area contributed by atoms with Crippen molar-refractivity contribution in [3.63, 3.8) is 0 Å². The Hall–Kier alpha value is -4.47. The zero-order valence-electron chi connectivity index (χ0n) is 19.8. The largest absolute Gasteiger partial charge is 0.454 e. The predicted octanol–water partition coefficient (Wildman–Crippen LogP) is 7.87. The second kappa shape index (κ2) is 8.79. The molecule has 6 rings (SSSR count). The highest BCUT2D eigenvalue weighted by molar-refractivity contribution is 6.10. The van der Waals surface area contributed by atoms with Gasteiger partial charge in [0.25, 0.3) is 5.91 Å². The summed E-state index contributed by atoms with van der Waals surface area (Å²) in [5.74, 6) is -0.125. The maximum absolute atomic E-state index is 14.1. The number of hydrogen-bond donors (Lipinski definition) is 0. The molecule has 2 aliphatic heterocycles. The number of carbonyl (C=O) groups excluding carboxylic acids is 1. The molecule has 0 radical (unpaired) electrons. The fraction of sp³-hybridized carbons (Fsp3) is 0.138. The van der Waals surface area contributed by atoms with E-state index in [0.717, 1.165) is 5.56 Å². The lowest BCUT2D eigenvalue weighted by atomic mass is 9.84. The van der Waals surface area contributed by atoms with Crippen LogP contribution in [-0.4, -0.2) is 12.7 Å². The fourth-order valence-electron chi connectivity index (χ4n) is 5.03. The number of amides is 1. The lowest BCUT2D eigenvalue weighted by molar-refractivity contribution is -0.143. The Morgan fingerprint density at radius 2 is 1.33 bits per heavy atom. The first kappa shape index (κ1) is 24.8. The average Bonchev–Trinajstić information content (AvgIpc) is 3.39. The van der Waals surface area contributed by atoms with Gasteiger partial charge in [-0.25, -0.2) is 0 Å². The smallest absolute Gasteiger partial charge is 0.416 e. The van der Waals surface area contributed by atoms with Crippen LogP contribution in [0.5, 0.6) is 11.5 Å². The second-order valence-electron chi connectivity index (χ2n) is 9.09. The Morgan fingerprint density at radius 1 is 0.718 bits per heavy atom. The number of anilines is 1. The van der Waals surface area contributed by atoms with Crippen molar-refractivity contribution in [2.45, 2.75) is 18.4 Å². The van der Waals surface area contributed by atoms with Crippen LogP contribution >= 0.6 is 0 Å². The molecule has 4 aromatic carbocycles. The van der Waals surface area contributed by atoms with Gasteiger partial charge in [-0.15, -0.1) is 0 Å². The summed E-state index contributed by atoms with van der Waals surface area (Å²) in [6, 6.07) is 19.0. The topological polar surface area (TPSA) is 38.8 Å². The average molecular weight is 541 g/mol. The van der Waals surface area contributed by atoms with Gasteiger partial charge >= 0.3 is 12.4 Å². The van der Waals surface area contributed by atoms with Gasteiger partial charge in [-0.2, -0.15) is 26.3 Å². The summed E-state index contributed by atoms with van der Waals surface area (Å²) in [6.07, 6.45) is -10.2. The van der Waals surface area contributed by atoms with E-state index in [1.807, 2.05) is 12.1 Å². The third-order valence-electron chi connectivity index (χ3n) is 6.73. The molecule has 2 aliphatic rings. The second-order valence-corrected chi connectivity index (χ2v) is 9.09.